The second kappa shape index (κ2) is 5.16. The average molecular weight is 246 g/mol. The summed E-state index contributed by atoms with van der Waals surface area (Å²) in [5, 5.41) is 4.19. The Hall–Kier alpha value is -1.91. The summed E-state index contributed by atoms with van der Waals surface area (Å²) >= 11 is 0. The molecule has 2 aromatic rings. The summed E-state index contributed by atoms with van der Waals surface area (Å²) in [7, 11) is 0. The lowest BCUT2D eigenvalue weighted by Crippen LogP contribution is -2.24. The molecule has 18 heavy (non-hydrogen) atoms. The Morgan fingerprint density at radius 1 is 1.39 bits per heavy atom. The van der Waals surface area contributed by atoms with E-state index >= 15 is 0 Å². The van der Waals surface area contributed by atoms with Gasteiger partial charge < -0.3 is 4.57 Å². The first kappa shape index (κ1) is 12.5. The summed E-state index contributed by atoms with van der Waals surface area (Å²) in [5.74, 6) is 1.32. The summed E-state index contributed by atoms with van der Waals surface area (Å²) in [6, 6.07) is 3.69. The highest BCUT2D eigenvalue weighted by Gasteiger charge is 2.08. The molecule has 5 heteroatoms. The fourth-order valence-electron chi connectivity index (χ4n) is 1.84. The first-order valence-corrected chi connectivity index (χ1v) is 6.10. The SMILES string of the molecule is Cc1cccn(Cc2ncnn2CC(C)C)c1=O. The molecule has 0 fully saturated rings. The van der Waals surface area contributed by atoms with Crippen molar-refractivity contribution in [3.05, 3.63) is 46.4 Å². The van der Waals surface area contributed by atoms with Crippen molar-refractivity contribution in [1.29, 1.82) is 0 Å². The maximum Gasteiger partial charge on any atom is 0.253 e. The largest absolute Gasteiger partial charge is 0.308 e. The van der Waals surface area contributed by atoms with Gasteiger partial charge in [-0.25, -0.2) is 9.67 Å². The van der Waals surface area contributed by atoms with E-state index in [1.807, 2.05) is 23.7 Å². The van der Waals surface area contributed by atoms with Crippen LogP contribution in [0.1, 0.15) is 25.2 Å². The van der Waals surface area contributed by atoms with Crippen LogP contribution in [0.5, 0.6) is 0 Å². The molecule has 0 saturated heterocycles. The molecule has 0 aromatic carbocycles. The van der Waals surface area contributed by atoms with Crippen molar-refractivity contribution < 1.29 is 0 Å². The second-order valence-electron chi connectivity index (χ2n) is 4.88. The van der Waals surface area contributed by atoms with Crippen LogP contribution in [0.2, 0.25) is 0 Å². The predicted molar refractivity (Wildman–Crippen MR) is 69.4 cm³/mol. The number of nitrogens with zero attached hydrogens (tertiary/aromatic N) is 4. The van der Waals surface area contributed by atoms with Gasteiger partial charge in [0.1, 0.15) is 12.2 Å². The van der Waals surface area contributed by atoms with Crippen molar-refractivity contribution in [3.8, 4) is 0 Å². The molecule has 5 nitrogen and oxygen atoms in total. The third-order valence-corrected chi connectivity index (χ3v) is 2.76. The van der Waals surface area contributed by atoms with Crippen LogP contribution in [0.3, 0.4) is 0 Å². The van der Waals surface area contributed by atoms with Crippen LogP contribution >= 0.6 is 0 Å². The van der Waals surface area contributed by atoms with E-state index in [1.54, 1.807) is 17.1 Å². The van der Waals surface area contributed by atoms with E-state index in [9.17, 15) is 4.79 Å². The topological polar surface area (TPSA) is 52.7 Å². The molecule has 0 spiro atoms. The predicted octanol–water partition coefficient (Wildman–Crippen LogP) is 1.45. The zero-order chi connectivity index (χ0) is 13.1. The van der Waals surface area contributed by atoms with Gasteiger partial charge in [-0.2, -0.15) is 5.10 Å². The molecule has 0 aliphatic carbocycles. The van der Waals surface area contributed by atoms with E-state index in [-0.39, 0.29) is 5.56 Å². The van der Waals surface area contributed by atoms with Gasteiger partial charge in [-0.05, 0) is 18.9 Å². The van der Waals surface area contributed by atoms with Crippen molar-refractivity contribution >= 4 is 0 Å². The van der Waals surface area contributed by atoms with E-state index in [4.69, 9.17) is 0 Å². The smallest absolute Gasteiger partial charge is 0.253 e. The third kappa shape index (κ3) is 2.67. The molecule has 2 rings (SSSR count). The number of hydrogen-bond donors (Lipinski definition) is 0. The van der Waals surface area contributed by atoms with Gasteiger partial charge in [-0.1, -0.05) is 19.9 Å². The van der Waals surface area contributed by atoms with Gasteiger partial charge in [0.2, 0.25) is 0 Å². The molecule has 0 bridgehead atoms. The number of hydrogen-bond acceptors (Lipinski definition) is 3. The molecule has 96 valence electrons. The fourth-order valence-corrected chi connectivity index (χ4v) is 1.84. The van der Waals surface area contributed by atoms with Crippen LogP contribution in [0.15, 0.2) is 29.5 Å². The zero-order valence-corrected chi connectivity index (χ0v) is 11.0. The first-order valence-electron chi connectivity index (χ1n) is 6.10. The van der Waals surface area contributed by atoms with Crippen molar-refractivity contribution in [1.82, 2.24) is 19.3 Å². The molecule has 2 aromatic heterocycles. The number of pyridine rings is 1. The lowest BCUT2D eigenvalue weighted by molar-refractivity contribution is 0.459. The van der Waals surface area contributed by atoms with E-state index in [1.165, 1.54) is 0 Å². The average Bonchev–Trinajstić information content (AvgIpc) is 2.72. The van der Waals surface area contributed by atoms with Gasteiger partial charge in [0, 0.05) is 18.3 Å². The van der Waals surface area contributed by atoms with Gasteiger partial charge in [0.15, 0.2) is 0 Å². The number of aryl methyl sites for hydroxylation is 1. The maximum absolute atomic E-state index is 11.9. The van der Waals surface area contributed by atoms with E-state index < -0.39 is 0 Å². The summed E-state index contributed by atoms with van der Waals surface area (Å²) in [4.78, 5) is 16.2. The summed E-state index contributed by atoms with van der Waals surface area (Å²) in [6.07, 6.45) is 3.32. The normalized spacial score (nSPS) is 11.1. The van der Waals surface area contributed by atoms with Gasteiger partial charge in [-0.15, -0.1) is 0 Å². The lowest BCUT2D eigenvalue weighted by Gasteiger charge is -2.10. The molecular weight excluding hydrogens is 228 g/mol. The second-order valence-corrected chi connectivity index (χ2v) is 4.88. The number of rotatable bonds is 4. The molecule has 0 unspecified atom stereocenters. The van der Waals surface area contributed by atoms with Crippen molar-refractivity contribution in [2.75, 3.05) is 0 Å². The minimum Gasteiger partial charge on any atom is -0.308 e. The van der Waals surface area contributed by atoms with Gasteiger partial charge in [-0.3, -0.25) is 4.79 Å². The van der Waals surface area contributed by atoms with Crippen molar-refractivity contribution in [2.45, 2.75) is 33.9 Å². The van der Waals surface area contributed by atoms with Crippen LogP contribution in [-0.2, 0) is 13.1 Å². The Balaban J connectivity index is 2.26. The Morgan fingerprint density at radius 2 is 2.17 bits per heavy atom. The fraction of sp³-hybridized carbons (Fsp3) is 0.462. The molecule has 0 saturated carbocycles. The van der Waals surface area contributed by atoms with Crippen LogP contribution < -0.4 is 5.56 Å². The summed E-state index contributed by atoms with van der Waals surface area (Å²) < 4.78 is 3.52. The van der Waals surface area contributed by atoms with Crippen LogP contribution in [0.4, 0.5) is 0 Å². The molecular formula is C13H18N4O. The van der Waals surface area contributed by atoms with Gasteiger partial charge in [0.05, 0.1) is 6.54 Å². The van der Waals surface area contributed by atoms with Crippen LogP contribution in [-0.4, -0.2) is 19.3 Å². The molecule has 2 heterocycles. The zero-order valence-electron chi connectivity index (χ0n) is 11.0. The number of aromatic nitrogens is 4. The Morgan fingerprint density at radius 3 is 2.89 bits per heavy atom. The standard InChI is InChI=1S/C13H18N4O/c1-10(2)7-17-12(14-9-15-17)8-16-6-4-5-11(3)13(16)18/h4-6,9-10H,7-8H2,1-3H3. The Labute approximate surface area is 106 Å². The highest BCUT2D eigenvalue weighted by Crippen LogP contribution is 2.02. The third-order valence-electron chi connectivity index (χ3n) is 2.76. The quantitative estimate of drug-likeness (QED) is 0.820. The lowest BCUT2D eigenvalue weighted by atomic mass is 10.2. The Bertz CT molecular complexity index is 583. The molecule has 0 aliphatic heterocycles. The van der Waals surface area contributed by atoms with Crippen molar-refractivity contribution in [2.24, 2.45) is 5.92 Å². The molecule has 0 atom stereocenters. The van der Waals surface area contributed by atoms with Crippen LogP contribution in [0.25, 0.3) is 0 Å². The maximum atomic E-state index is 11.9. The first-order chi connectivity index (χ1) is 8.58. The summed E-state index contributed by atoms with van der Waals surface area (Å²) in [6.45, 7) is 7.36. The highest BCUT2D eigenvalue weighted by molar-refractivity contribution is 5.08. The van der Waals surface area contributed by atoms with Gasteiger partial charge in [0.25, 0.3) is 5.56 Å². The van der Waals surface area contributed by atoms with E-state index in [0.717, 1.165) is 17.9 Å². The Kier molecular flexibility index (Phi) is 3.60. The van der Waals surface area contributed by atoms with E-state index in [2.05, 4.69) is 23.9 Å². The molecule has 0 radical (unpaired) electrons. The van der Waals surface area contributed by atoms with Gasteiger partial charge >= 0.3 is 0 Å². The minimum atomic E-state index is 0.0246. The monoisotopic (exact) mass is 246 g/mol. The molecule has 0 amide bonds. The van der Waals surface area contributed by atoms with Crippen LogP contribution in [0, 0.1) is 12.8 Å². The molecule has 0 aliphatic rings. The minimum absolute atomic E-state index is 0.0246. The summed E-state index contributed by atoms with van der Waals surface area (Å²) in [5.41, 5.74) is 0.768. The molecule has 0 N–H and O–H groups in total. The highest BCUT2D eigenvalue weighted by atomic mass is 16.1. The van der Waals surface area contributed by atoms with E-state index in [0.29, 0.717) is 12.5 Å². The van der Waals surface area contributed by atoms with Crippen molar-refractivity contribution in [3.63, 3.8) is 0 Å².